The van der Waals surface area contributed by atoms with Crippen LogP contribution in [0.5, 0.6) is 5.75 Å². The topological polar surface area (TPSA) is 22.1 Å². The summed E-state index contributed by atoms with van der Waals surface area (Å²) in [4.78, 5) is 4.46. The predicted molar refractivity (Wildman–Crippen MR) is 128 cm³/mol. The molecule has 1 aliphatic rings. The highest BCUT2D eigenvalue weighted by Gasteiger charge is 2.30. The summed E-state index contributed by atoms with van der Waals surface area (Å²) in [5.41, 5.74) is 3.80. The van der Waals surface area contributed by atoms with E-state index < -0.39 is 0 Å². The van der Waals surface area contributed by atoms with Crippen LogP contribution in [-0.4, -0.2) is 11.6 Å². The van der Waals surface area contributed by atoms with Crippen molar-refractivity contribution in [3.05, 3.63) is 102 Å². The van der Waals surface area contributed by atoms with Crippen molar-refractivity contribution in [3.8, 4) is 28.7 Å². The van der Waals surface area contributed by atoms with Gasteiger partial charge in [-0.2, -0.15) is 0 Å². The quantitative estimate of drug-likeness (QED) is 0.282. The Morgan fingerprint density at radius 3 is 2.39 bits per heavy atom. The molecule has 4 rings (SSSR count). The normalized spacial score (nSPS) is 12.8. The Kier molecular flexibility index (Phi) is 7.07. The molecule has 0 saturated heterocycles. The van der Waals surface area contributed by atoms with E-state index in [1.807, 2.05) is 72.9 Å². The first kappa shape index (κ1) is 21.2. The lowest BCUT2D eigenvalue weighted by Gasteiger charge is -2.14. The Morgan fingerprint density at radius 1 is 1.00 bits per heavy atom. The van der Waals surface area contributed by atoms with E-state index >= 15 is 0 Å². The van der Waals surface area contributed by atoms with Gasteiger partial charge in [0.2, 0.25) is 0 Å². The molecule has 155 valence electrons. The van der Waals surface area contributed by atoms with E-state index in [1.165, 1.54) is 12.8 Å². The van der Waals surface area contributed by atoms with Crippen LogP contribution in [0, 0.1) is 23.7 Å². The summed E-state index contributed by atoms with van der Waals surface area (Å²) in [6, 6.07) is 19.6. The molecule has 0 N–H and O–H groups in total. The van der Waals surface area contributed by atoms with Crippen molar-refractivity contribution in [2.24, 2.45) is 5.92 Å². The molecule has 0 atom stereocenters. The predicted octanol–water partition coefficient (Wildman–Crippen LogP) is 7.13. The van der Waals surface area contributed by atoms with Crippen molar-refractivity contribution in [1.29, 1.82) is 0 Å². The van der Waals surface area contributed by atoms with Crippen molar-refractivity contribution in [3.63, 3.8) is 0 Å². The van der Waals surface area contributed by atoms with Crippen LogP contribution in [0.1, 0.15) is 36.9 Å². The molecule has 1 aliphatic carbocycles. The van der Waals surface area contributed by atoms with Gasteiger partial charge in [-0.15, -0.1) is 6.58 Å². The maximum atomic E-state index is 5.95. The molecule has 0 aliphatic heterocycles. The number of nitrogens with zero attached hydrogens (tertiary/aromatic N) is 1. The molecule has 1 fully saturated rings. The third-order valence-electron chi connectivity index (χ3n) is 5.38. The molecular formula is C28H25ClNO. The number of pyridine rings is 1. The van der Waals surface area contributed by atoms with Crippen LogP contribution in [0.25, 0.3) is 11.1 Å². The molecule has 3 heteroatoms. The van der Waals surface area contributed by atoms with Crippen LogP contribution in [-0.2, 0) is 0 Å². The van der Waals surface area contributed by atoms with Crippen LogP contribution in [0.2, 0.25) is 5.02 Å². The zero-order valence-corrected chi connectivity index (χ0v) is 18.2. The van der Waals surface area contributed by atoms with Gasteiger partial charge in [0, 0.05) is 22.3 Å². The first-order chi connectivity index (χ1) is 15.2. The number of hydrogen-bond donors (Lipinski definition) is 0. The Labute approximate surface area is 190 Å². The number of rotatable bonds is 8. The number of hydrogen-bond acceptors (Lipinski definition) is 2. The summed E-state index contributed by atoms with van der Waals surface area (Å²) in [6.07, 6.45) is 8.52. The minimum Gasteiger partial charge on any atom is -0.494 e. The number of halogens is 1. The van der Waals surface area contributed by atoms with Gasteiger partial charge < -0.3 is 4.74 Å². The zero-order valence-electron chi connectivity index (χ0n) is 17.5. The summed E-state index contributed by atoms with van der Waals surface area (Å²) in [5, 5.41) is 0.727. The lowest BCUT2D eigenvalue weighted by atomic mass is 9.96. The van der Waals surface area contributed by atoms with E-state index in [-0.39, 0.29) is 0 Å². The minimum absolute atomic E-state index is 0.717. The zero-order chi connectivity index (χ0) is 21.5. The van der Waals surface area contributed by atoms with Gasteiger partial charge in [-0.3, -0.25) is 0 Å². The second-order valence-corrected chi connectivity index (χ2v) is 8.17. The molecule has 1 radical (unpaired) electrons. The number of aromatic nitrogens is 1. The van der Waals surface area contributed by atoms with E-state index in [1.54, 1.807) is 5.92 Å². The van der Waals surface area contributed by atoms with Gasteiger partial charge in [0.25, 0.3) is 0 Å². The summed E-state index contributed by atoms with van der Waals surface area (Å²) >= 11 is 5.95. The first-order valence-corrected chi connectivity index (χ1v) is 11.0. The molecular weight excluding hydrogens is 402 g/mol. The fourth-order valence-electron chi connectivity index (χ4n) is 3.50. The van der Waals surface area contributed by atoms with Gasteiger partial charge in [0.05, 0.1) is 6.61 Å². The summed E-state index contributed by atoms with van der Waals surface area (Å²) < 4.78 is 5.92. The molecule has 0 amide bonds. The van der Waals surface area contributed by atoms with E-state index in [4.69, 9.17) is 16.3 Å². The van der Waals surface area contributed by atoms with Crippen molar-refractivity contribution in [2.75, 3.05) is 6.61 Å². The van der Waals surface area contributed by atoms with Crippen molar-refractivity contribution < 1.29 is 4.74 Å². The molecule has 0 unspecified atom stereocenters. The van der Waals surface area contributed by atoms with E-state index in [2.05, 4.69) is 23.4 Å². The van der Waals surface area contributed by atoms with Crippen LogP contribution in [0.4, 0.5) is 0 Å². The second kappa shape index (κ2) is 10.3. The maximum Gasteiger partial charge on any atom is 0.119 e. The SMILES string of the molecule is C=CC[C](CCOc1ccc(C#Cc2ccc(-c3ccc(Cl)cc3)cn2)cc1)C1CC1. The average Bonchev–Trinajstić information content (AvgIpc) is 3.64. The lowest BCUT2D eigenvalue weighted by molar-refractivity contribution is 0.309. The van der Waals surface area contributed by atoms with Gasteiger partial charge in [-0.1, -0.05) is 41.8 Å². The number of ether oxygens (including phenoxy) is 1. The molecule has 0 bridgehead atoms. The van der Waals surface area contributed by atoms with Crippen LogP contribution in [0.15, 0.2) is 79.5 Å². The summed E-state index contributed by atoms with van der Waals surface area (Å²) in [6.45, 7) is 4.58. The Morgan fingerprint density at radius 2 is 1.74 bits per heavy atom. The van der Waals surface area contributed by atoms with E-state index in [0.29, 0.717) is 6.61 Å². The fraction of sp³-hybridized carbons (Fsp3) is 0.214. The summed E-state index contributed by atoms with van der Waals surface area (Å²) in [5.74, 6) is 9.55. The Bertz CT molecular complexity index is 1060. The highest BCUT2D eigenvalue weighted by molar-refractivity contribution is 6.30. The van der Waals surface area contributed by atoms with E-state index in [9.17, 15) is 0 Å². The van der Waals surface area contributed by atoms with Crippen LogP contribution in [0.3, 0.4) is 0 Å². The molecule has 2 nitrogen and oxygen atoms in total. The molecule has 1 aromatic heterocycles. The van der Waals surface area contributed by atoms with Crippen LogP contribution >= 0.6 is 11.6 Å². The first-order valence-electron chi connectivity index (χ1n) is 10.6. The Balaban J connectivity index is 1.31. The molecule has 3 aromatic rings. The van der Waals surface area contributed by atoms with Gasteiger partial charge in [-0.25, -0.2) is 4.98 Å². The lowest BCUT2D eigenvalue weighted by Crippen LogP contribution is -2.06. The van der Waals surface area contributed by atoms with Gasteiger partial charge >= 0.3 is 0 Å². The van der Waals surface area contributed by atoms with Gasteiger partial charge in [0.15, 0.2) is 0 Å². The standard InChI is InChI=1S/C28H25ClNO/c1-2-3-22(23-7-8-23)18-19-31-28-16-5-21(6-17-28)4-14-27-15-11-25(20-30-27)24-9-12-26(29)13-10-24/h2,5-6,9-13,15-17,20,23H,1,3,7-8,18-19H2. The summed E-state index contributed by atoms with van der Waals surface area (Å²) in [7, 11) is 0. The van der Waals surface area contributed by atoms with Gasteiger partial charge in [0.1, 0.15) is 11.4 Å². The molecule has 1 saturated carbocycles. The van der Waals surface area contributed by atoms with Crippen molar-refractivity contribution >= 4 is 11.6 Å². The molecule has 0 spiro atoms. The number of benzene rings is 2. The monoisotopic (exact) mass is 426 g/mol. The van der Waals surface area contributed by atoms with Crippen LogP contribution < -0.4 is 4.74 Å². The van der Waals surface area contributed by atoms with E-state index in [0.717, 1.165) is 51.9 Å². The molecule has 31 heavy (non-hydrogen) atoms. The largest absolute Gasteiger partial charge is 0.494 e. The highest BCUT2D eigenvalue weighted by Crippen LogP contribution is 2.41. The molecule has 2 aromatic carbocycles. The Hall–Kier alpha value is -3.02. The maximum absolute atomic E-state index is 5.95. The highest BCUT2D eigenvalue weighted by atomic mass is 35.5. The second-order valence-electron chi connectivity index (χ2n) is 7.74. The average molecular weight is 427 g/mol. The third-order valence-corrected chi connectivity index (χ3v) is 5.64. The smallest absolute Gasteiger partial charge is 0.119 e. The third kappa shape index (κ3) is 6.23. The molecule has 1 heterocycles. The minimum atomic E-state index is 0.717. The fourth-order valence-corrected chi connectivity index (χ4v) is 3.63. The van der Waals surface area contributed by atoms with Crippen molar-refractivity contribution in [1.82, 2.24) is 4.98 Å². The van der Waals surface area contributed by atoms with Crippen molar-refractivity contribution in [2.45, 2.75) is 25.7 Å². The number of allylic oxidation sites excluding steroid dienone is 1. The van der Waals surface area contributed by atoms with Gasteiger partial charge in [-0.05, 0) is 91.5 Å².